The fourth-order valence-corrected chi connectivity index (χ4v) is 11.7. The normalized spacial score (nSPS) is 11.2. The Morgan fingerprint density at radius 1 is 0.377 bits per heavy atom. The van der Waals surface area contributed by atoms with E-state index in [0.717, 1.165) is 43.7 Å². The maximum atomic E-state index is 6.06. The molecule has 0 aliphatic carbocycles. The number of ether oxygens (including phenoxy) is 2. The SMILES string of the molecule is Br.CCCCCCCCOc1ccc(/C=C/C=C/c2ccccc2)cc1.CCCCCCCCOc1ccc(C[P+](c2ccccc2)(c2ccccc2)c2ccccc2)cc1. The lowest BCUT2D eigenvalue weighted by atomic mass is 10.1. The third-order valence-electron chi connectivity index (χ3n) is 10.8. The van der Waals surface area contributed by atoms with Crippen molar-refractivity contribution < 1.29 is 9.47 Å². The van der Waals surface area contributed by atoms with Gasteiger partial charge in [0, 0.05) is 0 Å². The second-order valence-corrected chi connectivity index (χ2v) is 19.0. The lowest BCUT2D eigenvalue weighted by Crippen LogP contribution is -2.32. The zero-order valence-electron chi connectivity index (χ0n) is 36.8. The molecule has 0 radical (unpaired) electrons. The highest BCUT2D eigenvalue weighted by atomic mass is 79.9. The summed E-state index contributed by atoms with van der Waals surface area (Å²) in [6.45, 7) is 6.14. The minimum atomic E-state index is -1.87. The summed E-state index contributed by atoms with van der Waals surface area (Å²) in [6, 6.07) is 60.7. The molecule has 0 amide bonds. The summed E-state index contributed by atoms with van der Waals surface area (Å²) in [4.78, 5) is 0. The molecule has 0 fully saturated rings. The van der Waals surface area contributed by atoms with Crippen molar-refractivity contribution in [3.05, 3.63) is 199 Å². The van der Waals surface area contributed by atoms with E-state index >= 15 is 0 Å². The monoisotopic (exact) mass is 895 g/mol. The van der Waals surface area contributed by atoms with Crippen molar-refractivity contribution in [1.82, 2.24) is 0 Å². The van der Waals surface area contributed by atoms with Crippen LogP contribution in [0, 0.1) is 0 Å². The summed E-state index contributed by atoms with van der Waals surface area (Å²) in [5.41, 5.74) is 3.75. The Morgan fingerprint density at radius 3 is 1.13 bits per heavy atom. The van der Waals surface area contributed by atoms with Crippen molar-refractivity contribution in [2.75, 3.05) is 13.2 Å². The van der Waals surface area contributed by atoms with Gasteiger partial charge in [0.1, 0.15) is 34.7 Å². The number of rotatable bonds is 24. The van der Waals surface area contributed by atoms with Crippen LogP contribution in [-0.2, 0) is 6.16 Å². The van der Waals surface area contributed by atoms with Crippen LogP contribution in [0.25, 0.3) is 12.2 Å². The average molecular weight is 897 g/mol. The molecule has 6 rings (SSSR count). The molecule has 320 valence electrons. The van der Waals surface area contributed by atoms with Crippen LogP contribution in [0.2, 0.25) is 0 Å². The molecule has 0 heterocycles. The molecule has 61 heavy (non-hydrogen) atoms. The van der Waals surface area contributed by atoms with Crippen LogP contribution in [0.1, 0.15) is 108 Å². The van der Waals surface area contributed by atoms with Gasteiger partial charge in [-0.3, -0.25) is 0 Å². The number of halogens is 1. The standard InChI is InChI=1S/C33H38OP.C24H30O.BrH/c1-2-3-4-5-6-16-27-34-30-25-23-29(24-26-30)28-35(31-17-10-7-11-18-31,32-19-12-8-13-20-32)33-21-14-9-15-22-33;1-2-3-4-5-6-12-21-25-24-19-17-23(18-20-24)16-11-10-15-22-13-8-7-9-14-22;/h7-15,17-26H,2-6,16,27-28H2,1H3;7-11,13-20H,2-6,12,21H2,1H3;1H/q+1;;/b;15-10+,16-11+;. The molecule has 0 atom stereocenters. The van der Waals surface area contributed by atoms with E-state index in [-0.39, 0.29) is 17.0 Å². The first-order valence-corrected chi connectivity index (χ1v) is 24.6. The molecule has 0 saturated carbocycles. The van der Waals surface area contributed by atoms with Crippen LogP contribution in [0.15, 0.2) is 182 Å². The Hall–Kier alpha value is -4.69. The first-order chi connectivity index (χ1) is 29.7. The van der Waals surface area contributed by atoms with Gasteiger partial charge < -0.3 is 9.47 Å². The van der Waals surface area contributed by atoms with Gasteiger partial charge in [0.2, 0.25) is 0 Å². The van der Waals surface area contributed by atoms with E-state index in [1.165, 1.54) is 96.8 Å². The van der Waals surface area contributed by atoms with Crippen LogP contribution < -0.4 is 25.4 Å². The van der Waals surface area contributed by atoms with Crippen molar-refractivity contribution in [1.29, 1.82) is 0 Å². The highest BCUT2D eigenvalue weighted by Gasteiger charge is 2.45. The summed E-state index contributed by atoms with van der Waals surface area (Å²) >= 11 is 0. The zero-order chi connectivity index (χ0) is 41.8. The van der Waals surface area contributed by atoms with Gasteiger partial charge in [-0.05, 0) is 90.2 Å². The molecule has 6 aromatic rings. The Morgan fingerprint density at radius 2 is 0.721 bits per heavy atom. The number of benzene rings is 6. The quantitative estimate of drug-likeness (QED) is 0.0342. The van der Waals surface area contributed by atoms with Crippen LogP contribution in [0.3, 0.4) is 0 Å². The van der Waals surface area contributed by atoms with Crippen LogP contribution in [0.5, 0.6) is 11.5 Å². The number of hydrogen-bond acceptors (Lipinski definition) is 2. The van der Waals surface area contributed by atoms with Crippen LogP contribution in [-0.4, -0.2) is 13.2 Å². The van der Waals surface area contributed by atoms with Gasteiger partial charge in [-0.15, -0.1) is 17.0 Å². The lowest BCUT2D eigenvalue weighted by Gasteiger charge is -2.28. The topological polar surface area (TPSA) is 18.5 Å². The van der Waals surface area contributed by atoms with Crippen molar-refractivity contribution >= 4 is 52.3 Å². The number of allylic oxidation sites excluding steroid dienone is 2. The van der Waals surface area contributed by atoms with Gasteiger partial charge in [-0.1, -0.05) is 212 Å². The van der Waals surface area contributed by atoms with Crippen molar-refractivity contribution in [3.8, 4) is 11.5 Å². The molecule has 2 nitrogen and oxygen atoms in total. The van der Waals surface area contributed by atoms with Crippen molar-refractivity contribution in [2.24, 2.45) is 0 Å². The molecule has 0 aliphatic rings. The van der Waals surface area contributed by atoms with Crippen LogP contribution in [0.4, 0.5) is 0 Å². The third kappa shape index (κ3) is 17.3. The fraction of sp³-hybridized carbons (Fsp3) is 0.298. The van der Waals surface area contributed by atoms with Crippen molar-refractivity contribution in [2.45, 2.75) is 97.1 Å². The van der Waals surface area contributed by atoms with E-state index in [1.54, 1.807) is 0 Å². The largest absolute Gasteiger partial charge is 0.494 e. The zero-order valence-corrected chi connectivity index (χ0v) is 39.4. The Bertz CT molecular complexity index is 1930. The van der Waals surface area contributed by atoms with E-state index in [0.29, 0.717) is 0 Å². The van der Waals surface area contributed by atoms with Gasteiger partial charge in [0.25, 0.3) is 0 Å². The fourth-order valence-electron chi connectivity index (χ4n) is 7.45. The molecule has 0 bridgehead atoms. The van der Waals surface area contributed by atoms with E-state index in [2.05, 4.69) is 190 Å². The predicted molar refractivity (Wildman–Crippen MR) is 274 cm³/mol. The third-order valence-corrected chi connectivity index (χ3v) is 15.2. The maximum absolute atomic E-state index is 6.06. The summed E-state index contributed by atoms with van der Waals surface area (Å²) in [5.74, 6) is 1.94. The summed E-state index contributed by atoms with van der Waals surface area (Å²) in [6.07, 6.45) is 24.8. The first kappa shape index (κ1) is 49.0. The lowest BCUT2D eigenvalue weighted by molar-refractivity contribution is 0.304. The number of unbranched alkanes of at least 4 members (excludes halogenated alkanes) is 10. The average Bonchev–Trinajstić information content (AvgIpc) is 3.31. The molecular weight excluding hydrogens is 828 g/mol. The van der Waals surface area contributed by atoms with Gasteiger partial charge in [0.05, 0.1) is 19.4 Å². The second-order valence-electron chi connectivity index (χ2n) is 15.5. The minimum absolute atomic E-state index is 0. The highest BCUT2D eigenvalue weighted by molar-refractivity contribution is 8.93. The maximum Gasteiger partial charge on any atom is 0.119 e. The van der Waals surface area contributed by atoms with Gasteiger partial charge in [0.15, 0.2) is 0 Å². The first-order valence-electron chi connectivity index (χ1n) is 22.6. The molecule has 6 aromatic carbocycles. The molecule has 0 unspecified atom stereocenters. The Balaban J connectivity index is 0.000000280. The smallest absolute Gasteiger partial charge is 0.119 e. The Kier molecular flexibility index (Phi) is 23.7. The van der Waals surface area contributed by atoms with Gasteiger partial charge in [-0.2, -0.15) is 0 Å². The van der Waals surface area contributed by atoms with Crippen molar-refractivity contribution in [3.63, 3.8) is 0 Å². The van der Waals surface area contributed by atoms with Crippen LogP contribution >= 0.6 is 24.2 Å². The van der Waals surface area contributed by atoms with Gasteiger partial charge in [-0.25, -0.2) is 0 Å². The molecule has 0 spiro atoms. The molecular formula is C57H69BrO2P+. The summed E-state index contributed by atoms with van der Waals surface area (Å²) in [7, 11) is -1.87. The van der Waals surface area contributed by atoms with E-state index in [1.807, 2.05) is 18.2 Å². The van der Waals surface area contributed by atoms with E-state index in [9.17, 15) is 0 Å². The molecule has 0 saturated heterocycles. The number of hydrogen-bond donors (Lipinski definition) is 0. The van der Waals surface area contributed by atoms with Gasteiger partial charge >= 0.3 is 0 Å². The predicted octanol–water partition coefficient (Wildman–Crippen LogP) is 15.7. The molecule has 0 aliphatic heterocycles. The molecule has 0 aromatic heterocycles. The summed E-state index contributed by atoms with van der Waals surface area (Å²) in [5, 5.41) is 4.25. The Labute approximate surface area is 380 Å². The van der Waals surface area contributed by atoms with E-state index < -0.39 is 7.26 Å². The highest BCUT2D eigenvalue weighted by Crippen LogP contribution is 2.58. The second kappa shape index (κ2) is 29.5. The molecule has 4 heteroatoms. The minimum Gasteiger partial charge on any atom is -0.494 e. The summed E-state index contributed by atoms with van der Waals surface area (Å²) < 4.78 is 11.9. The van der Waals surface area contributed by atoms with E-state index in [4.69, 9.17) is 9.47 Å². The molecule has 0 N–H and O–H groups in total.